The molecule has 2 unspecified atom stereocenters. The topological polar surface area (TPSA) is 66.4 Å². The SMILES string of the molecule is O=S(=O)(NC1CCCCCC1O)c1cc(F)cc(F)c1. The zero-order chi connectivity index (χ0) is 14.8. The zero-order valence-corrected chi connectivity index (χ0v) is 11.7. The van der Waals surface area contributed by atoms with E-state index in [-0.39, 0.29) is 0 Å². The van der Waals surface area contributed by atoms with Crippen molar-refractivity contribution >= 4 is 10.0 Å². The van der Waals surface area contributed by atoms with Gasteiger partial charge in [-0.1, -0.05) is 19.3 Å². The van der Waals surface area contributed by atoms with Gasteiger partial charge in [-0.25, -0.2) is 21.9 Å². The summed E-state index contributed by atoms with van der Waals surface area (Å²) in [4.78, 5) is -0.466. The van der Waals surface area contributed by atoms with E-state index in [9.17, 15) is 22.3 Å². The Labute approximate surface area is 116 Å². The third kappa shape index (κ3) is 3.74. The summed E-state index contributed by atoms with van der Waals surface area (Å²) in [6.45, 7) is 0. The predicted molar refractivity (Wildman–Crippen MR) is 69.6 cm³/mol. The molecule has 112 valence electrons. The van der Waals surface area contributed by atoms with Crippen LogP contribution in [0.4, 0.5) is 8.78 Å². The van der Waals surface area contributed by atoms with Crippen molar-refractivity contribution in [2.75, 3.05) is 0 Å². The third-order valence-electron chi connectivity index (χ3n) is 3.43. The van der Waals surface area contributed by atoms with E-state index in [0.29, 0.717) is 18.9 Å². The molecule has 0 heterocycles. The Morgan fingerprint density at radius 1 is 1.05 bits per heavy atom. The summed E-state index contributed by atoms with van der Waals surface area (Å²) < 4.78 is 52.8. The maximum atomic E-state index is 13.1. The van der Waals surface area contributed by atoms with Crippen LogP contribution in [-0.4, -0.2) is 25.7 Å². The molecule has 20 heavy (non-hydrogen) atoms. The Morgan fingerprint density at radius 3 is 2.30 bits per heavy atom. The molecule has 2 rings (SSSR count). The van der Waals surface area contributed by atoms with Gasteiger partial charge in [0.2, 0.25) is 10.0 Å². The molecule has 0 amide bonds. The number of sulfonamides is 1. The number of hydrogen-bond donors (Lipinski definition) is 2. The van der Waals surface area contributed by atoms with E-state index in [0.717, 1.165) is 31.4 Å². The lowest BCUT2D eigenvalue weighted by Gasteiger charge is -2.21. The van der Waals surface area contributed by atoms with Crippen LogP contribution in [-0.2, 0) is 10.0 Å². The number of hydrogen-bond acceptors (Lipinski definition) is 3. The molecular formula is C13H17F2NO3S. The summed E-state index contributed by atoms with van der Waals surface area (Å²) in [5, 5.41) is 9.89. The molecule has 0 bridgehead atoms. The second-order valence-corrected chi connectivity index (χ2v) is 6.75. The minimum Gasteiger partial charge on any atom is -0.391 e. The number of benzene rings is 1. The normalized spacial score (nSPS) is 24.4. The Balaban J connectivity index is 2.21. The largest absolute Gasteiger partial charge is 0.391 e. The van der Waals surface area contributed by atoms with Crippen LogP contribution in [0, 0.1) is 11.6 Å². The molecule has 4 nitrogen and oxygen atoms in total. The molecule has 0 saturated heterocycles. The van der Waals surface area contributed by atoms with Crippen LogP contribution in [0.3, 0.4) is 0 Å². The molecule has 0 spiro atoms. The van der Waals surface area contributed by atoms with Gasteiger partial charge in [0.15, 0.2) is 0 Å². The zero-order valence-electron chi connectivity index (χ0n) is 10.9. The lowest BCUT2D eigenvalue weighted by molar-refractivity contribution is 0.130. The van der Waals surface area contributed by atoms with Crippen LogP contribution >= 0.6 is 0 Å². The van der Waals surface area contributed by atoms with Crippen molar-refractivity contribution in [3.8, 4) is 0 Å². The molecular weight excluding hydrogens is 288 g/mol. The van der Waals surface area contributed by atoms with Gasteiger partial charge in [-0.2, -0.15) is 0 Å². The van der Waals surface area contributed by atoms with Crippen molar-refractivity contribution in [2.45, 2.75) is 49.1 Å². The van der Waals surface area contributed by atoms with E-state index in [1.165, 1.54) is 0 Å². The monoisotopic (exact) mass is 305 g/mol. The van der Waals surface area contributed by atoms with Crippen molar-refractivity contribution in [3.63, 3.8) is 0 Å². The Kier molecular flexibility index (Phi) is 4.72. The summed E-state index contributed by atoms with van der Waals surface area (Å²) in [6.07, 6.45) is 2.84. The molecule has 2 N–H and O–H groups in total. The van der Waals surface area contributed by atoms with Crippen LogP contribution in [0.5, 0.6) is 0 Å². The number of halogens is 2. The van der Waals surface area contributed by atoms with Gasteiger partial charge in [0, 0.05) is 12.1 Å². The maximum Gasteiger partial charge on any atom is 0.241 e. The fraction of sp³-hybridized carbons (Fsp3) is 0.538. The van der Waals surface area contributed by atoms with Crippen molar-refractivity contribution in [2.24, 2.45) is 0 Å². The first-order valence-corrected chi connectivity index (χ1v) is 8.03. The average Bonchev–Trinajstić information content (AvgIpc) is 2.53. The minimum atomic E-state index is -4.04. The van der Waals surface area contributed by atoms with E-state index in [2.05, 4.69) is 4.72 Å². The fourth-order valence-corrected chi connectivity index (χ4v) is 3.72. The van der Waals surface area contributed by atoms with Gasteiger partial charge in [-0.05, 0) is 25.0 Å². The van der Waals surface area contributed by atoms with Crippen molar-refractivity contribution in [1.29, 1.82) is 0 Å². The number of rotatable bonds is 3. The molecule has 1 saturated carbocycles. The van der Waals surface area contributed by atoms with E-state index in [4.69, 9.17) is 0 Å². The van der Waals surface area contributed by atoms with Gasteiger partial charge in [-0.15, -0.1) is 0 Å². The number of aliphatic hydroxyl groups excluding tert-OH is 1. The lowest BCUT2D eigenvalue weighted by atomic mass is 10.1. The number of aliphatic hydroxyl groups is 1. The lowest BCUT2D eigenvalue weighted by Crippen LogP contribution is -2.42. The molecule has 1 aromatic rings. The van der Waals surface area contributed by atoms with Gasteiger partial charge in [0.05, 0.1) is 11.0 Å². The highest BCUT2D eigenvalue weighted by Crippen LogP contribution is 2.21. The van der Waals surface area contributed by atoms with E-state index in [1.807, 2.05) is 0 Å². The van der Waals surface area contributed by atoms with E-state index >= 15 is 0 Å². The quantitative estimate of drug-likeness (QED) is 0.839. The highest BCUT2D eigenvalue weighted by atomic mass is 32.2. The summed E-state index contributed by atoms with van der Waals surface area (Å²) in [6, 6.07) is 1.51. The first-order valence-electron chi connectivity index (χ1n) is 6.55. The molecule has 1 aromatic carbocycles. The van der Waals surface area contributed by atoms with Gasteiger partial charge in [-0.3, -0.25) is 0 Å². The highest BCUT2D eigenvalue weighted by Gasteiger charge is 2.27. The summed E-state index contributed by atoms with van der Waals surface area (Å²) in [7, 11) is -4.04. The Hall–Kier alpha value is -1.05. The molecule has 1 fully saturated rings. The Morgan fingerprint density at radius 2 is 1.65 bits per heavy atom. The van der Waals surface area contributed by atoms with Crippen molar-refractivity contribution in [3.05, 3.63) is 29.8 Å². The van der Waals surface area contributed by atoms with Crippen molar-refractivity contribution < 1.29 is 22.3 Å². The fourth-order valence-electron chi connectivity index (χ4n) is 2.38. The summed E-state index contributed by atoms with van der Waals surface area (Å²) in [5.74, 6) is -1.90. The van der Waals surface area contributed by atoms with Gasteiger partial charge in [0.25, 0.3) is 0 Å². The standard InChI is InChI=1S/C13H17F2NO3S/c14-9-6-10(15)8-11(7-9)20(18,19)16-12-4-2-1-3-5-13(12)17/h6-8,12-13,16-17H,1-5H2. The average molecular weight is 305 g/mol. The van der Waals surface area contributed by atoms with Crippen LogP contribution in [0.15, 0.2) is 23.1 Å². The van der Waals surface area contributed by atoms with Gasteiger partial charge >= 0.3 is 0 Å². The van der Waals surface area contributed by atoms with Gasteiger partial charge in [0.1, 0.15) is 11.6 Å². The smallest absolute Gasteiger partial charge is 0.241 e. The van der Waals surface area contributed by atoms with E-state index < -0.39 is 38.7 Å². The molecule has 1 aliphatic carbocycles. The summed E-state index contributed by atoms with van der Waals surface area (Å²) >= 11 is 0. The van der Waals surface area contributed by atoms with E-state index in [1.54, 1.807) is 0 Å². The minimum absolute atomic E-state index is 0.466. The summed E-state index contributed by atoms with van der Waals surface area (Å²) in [5.41, 5.74) is 0. The van der Waals surface area contributed by atoms with Crippen LogP contribution in [0.1, 0.15) is 32.1 Å². The maximum absolute atomic E-state index is 13.1. The second-order valence-electron chi connectivity index (χ2n) is 5.04. The van der Waals surface area contributed by atoms with Crippen LogP contribution in [0.25, 0.3) is 0 Å². The van der Waals surface area contributed by atoms with Gasteiger partial charge < -0.3 is 5.11 Å². The first kappa shape index (κ1) is 15.3. The molecule has 2 atom stereocenters. The van der Waals surface area contributed by atoms with Crippen LogP contribution in [0.2, 0.25) is 0 Å². The highest BCUT2D eigenvalue weighted by molar-refractivity contribution is 7.89. The predicted octanol–water partition coefficient (Wildman–Crippen LogP) is 1.94. The Bertz CT molecular complexity index is 557. The van der Waals surface area contributed by atoms with Crippen molar-refractivity contribution in [1.82, 2.24) is 4.72 Å². The third-order valence-corrected chi connectivity index (χ3v) is 4.90. The molecule has 0 aromatic heterocycles. The molecule has 7 heteroatoms. The second kappa shape index (κ2) is 6.15. The first-order chi connectivity index (χ1) is 9.38. The number of nitrogens with one attached hydrogen (secondary N) is 1. The molecule has 0 aliphatic heterocycles. The molecule has 1 aliphatic rings. The molecule has 0 radical (unpaired) electrons. The van der Waals surface area contributed by atoms with Crippen LogP contribution < -0.4 is 4.72 Å².